The van der Waals surface area contributed by atoms with Crippen LogP contribution in [0.5, 0.6) is 5.88 Å². The molecule has 11 nitrogen and oxygen atoms in total. The molecule has 0 radical (unpaired) electrons. The van der Waals surface area contributed by atoms with E-state index >= 15 is 0 Å². The fourth-order valence-electron chi connectivity index (χ4n) is 3.88. The van der Waals surface area contributed by atoms with Gasteiger partial charge in [-0.25, -0.2) is 0 Å². The maximum atomic E-state index is 13.0. The van der Waals surface area contributed by atoms with Crippen LogP contribution in [-0.2, 0) is 23.6 Å². The van der Waals surface area contributed by atoms with Crippen molar-refractivity contribution in [3.05, 3.63) is 44.7 Å². The number of hydrogen-bond acceptors (Lipinski definition) is 6. The van der Waals surface area contributed by atoms with Crippen LogP contribution >= 0.6 is 0 Å². The Kier molecular flexibility index (Phi) is 6.55. The third-order valence-electron chi connectivity index (χ3n) is 5.77. The molecule has 2 aromatic heterocycles. The predicted molar refractivity (Wildman–Crippen MR) is 119 cm³/mol. The van der Waals surface area contributed by atoms with Crippen molar-refractivity contribution in [2.75, 3.05) is 52.6 Å². The first-order valence-corrected chi connectivity index (χ1v) is 10.7. The summed E-state index contributed by atoms with van der Waals surface area (Å²) in [6.07, 6.45) is 4.39. The number of morpholine rings is 2. The summed E-state index contributed by atoms with van der Waals surface area (Å²) in [5, 5.41) is 13.3. The van der Waals surface area contributed by atoms with Crippen LogP contribution < -0.4 is 5.56 Å². The van der Waals surface area contributed by atoms with Gasteiger partial charge in [0.2, 0.25) is 0 Å². The van der Waals surface area contributed by atoms with Gasteiger partial charge in [-0.3, -0.25) is 24.2 Å². The largest absolute Gasteiger partial charge is 0.494 e. The molecule has 2 N–H and O–H groups in total. The zero-order chi connectivity index (χ0) is 23.5. The van der Waals surface area contributed by atoms with Gasteiger partial charge < -0.3 is 28.9 Å². The molecule has 0 spiro atoms. The molecular weight excluding hydrogens is 430 g/mol. The van der Waals surface area contributed by atoms with Gasteiger partial charge in [-0.2, -0.15) is 0 Å². The van der Waals surface area contributed by atoms with Crippen molar-refractivity contribution in [1.82, 2.24) is 24.1 Å². The quantitative estimate of drug-likeness (QED) is 0.625. The maximum Gasteiger partial charge on any atom is 0.274 e. The maximum absolute atomic E-state index is 13.0. The van der Waals surface area contributed by atoms with E-state index in [1.807, 2.05) is 0 Å². The van der Waals surface area contributed by atoms with Gasteiger partial charge in [0, 0.05) is 46.5 Å². The first-order valence-electron chi connectivity index (χ1n) is 10.7. The van der Waals surface area contributed by atoms with Crippen molar-refractivity contribution >= 4 is 24.0 Å². The van der Waals surface area contributed by atoms with Crippen LogP contribution in [0.15, 0.2) is 16.7 Å². The van der Waals surface area contributed by atoms with E-state index < -0.39 is 0 Å². The predicted octanol–water partition coefficient (Wildman–Crippen LogP) is 0.0278. The molecule has 176 valence electrons. The summed E-state index contributed by atoms with van der Waals surface area (Å²) in [6.45, 7) is 3.65. The summed E-state index contributed by atoms with van der Waals surface area (Å²) < 4.78 is 13.3. The highest BCUT2D eigenvalue weighted by atomic mass is 16.5. The number of aromatic nitrogens is 3. The van der Waals surface area contributed by atoms with Gasteiger partial charge in [0.25, 0.3) is 17.4 Å². The summed E-state index contributed by atoms with van der Waals surface area (Å²) in [5.41, 5.74) is 3.42. The van der Waals surface area contributed by atoms with Gasteiger partial charge in [-0.15, -0.1) is 5.73 Å². The van der Waals surface area contributed by atoms with E-state index in [-0.39, 0.29) is 34.5 Å². The van der Waals surface area contributed by atoms with Gasteiger partial charge >= 0.3 is 0 Å². The molecule has 2 saturated heterocycles. The van der Waals surface area contributed by atoms with Crippen molar-refractivity contribution in [3.8, 4) is 5.88 Å². The fourth-order valence-corrected chi connectivity index (χ4v) is 3.88. The summed E-state index contributed by atoms with van der Waals surface area (Å²) in [6, 6.07) is 0. The van der Waals surface area contributed by atoms with E-state index in [0.29, 0.717) is 63.7 Å². The molecule has 2 amide bonds. The zero-order valence-electron chi connectivity index (χ0n) is 18.7. The first-order chi connectivity index (χ1) is 15.9. The molecule has 2 aliphatic rings. The molecule has 33 heavy (non-hydrogen) atoms. The molecule has 0 aromatic carbocycles. The van der Waals surface area contributed by atoms with Crippen LogP contribution in [0, 0.1) is 0 Å². The third kappa shape index (κ3) is 4.51. The van der Waals surface area contributed by atoms with Crippen LogP contribution in [0.1, 0.15) is 32.0 Å². The number of ether oxygens (including phenoxy) is 2. The number of nitrogens with zero attached hydrogens (tertiary/aromatic N) is 4. The van der Waals surface area contributed by atoms with E-state index in [2.05, 4.69) is 10.8 Å². The molecule has 0 saturated carbocycles. The molecule has 11 heteroatoms. The molecule has 0 unspecified atom stereocenters. The average Bonchev–Trinajstić information content (AvgIpc) is 3.29. The van der Waals surface area contributed by atoms with Crippen LogP contribution in [0.25, 0.3) is 12.2 Å². The Labute approximate surface area is 190 Å². The molecule has 4 heterocycles. The van der Waals surface area contributed by atoms with Crippen LogP contribution in [0.4, 0.5) is 0 Å². The normalized spacial score (nSPS) is 16.4. The van der Waals surface area contributed by atoms with Gasteiger partial charge in [-0.05, 0) is 12.2 Å². The van der Waals surface area contributed by atoms with Crippen LogP contribution in [-0.4, -0.2) is 93.7 Å². The minimum absolute atomic E-state index is 0.0981. The number of aryl methyl sites for hydroxylation is 2. The second kappa shape index (κ2) is 9.53. The summed E-state index contributed by atoms with van der Waals surface area (Å²) >= 11 is 0. The lowest BCUT2D eigenvalue weighted by molar-refractivity contribution is 0.0298. The summed E-state index contributed by atoms with van der Waals surface area (Å²) in [7, 11) is 3.16. The lowest BCUT2D eigenvalue weighted by Crippen LogP contribution is -2.41. The lowest BCUT2D eigenvalue weighted by Gasteiger charge is -2.26. The van der Waals surface area contributed by atoms with E-state index in [4.69, 9.17) is 9.47 Å². The van der Waals surface area contributed by atoms with Gasteiger partial charge in [0.05, 0.1) is 43.1 Å². The number of hydrogen-bond donors (Lipinski definition) is 2. The van der Waals surface area contributed by atoms with Crippen LogP contribution in [0.2, 0.25) is 0 Å². The number of nitrogens with one attached hydrogen (secondary N) is 1. The molecule has 0 atom stereocenters. The number of rotatable bonds is 4. The number of aromatic hydroxyl groups is 1. The molecule has 2 fully saturated rings. The highest BCUT2D eigenvalue weighted by Crippen LogP contribution is 2.26. The number of amides is 2. The second-order valence-corrected chi connectivity index (χ2v) is 7.92. The Bertz CT molecular complexity index is 1170. The molecular formula is C22H27N5O6. The van der Waals surface area contributed by atoms with Gasteiger partial charge in [0.1, 0.15) is 5.69 Å². The smallest absolute Gasteiger partial charge is 0.274 e. The number of H-pyrrole nitrogens is 1. The Balaban J connectivity index is 1.66. The average molecular weight is 457 g/mol. The fraction of sp³-hybridized carbons (Fsp3) is 0.455. The Morgan fingerprint density at radius 2 is 1.52 bits per heavy atom. The van der Waals surface area contributed by atoms with Crippen molar-refractivity contribution in [2.24, 2.45) is 14.1 Å². The van der Waals surface area contributed by atoms with E-state index in [9.17, 15) is 19.5 Å². The highest BCUT2D eigenvalue weighted by Gasteiger charge is 2.25. The third-order valence-corrected chi connectivity index (χ3v) is 5.77. The minimum atomic E-state index is -0.380. The summed E-state index contributed by atoms with van der Waals surface area (Å²) in [4.78, 5) is 41.8. The van der Waals surface area contributed by atoms with Crippen molar-refractivity contribution in [2.45, 2.75) is 0 Å². The molecule has 0 bridgehead atoms. The molecule has 2 aliphatic heterocycles. The standard InChI is InChI=1S/C22H27N5O6/c1-24-14-17(21(30)26-6-10-32-11-7-26)15(19(24)28)4-3-5-16-18(23-25(2)20(16)29)22(31)27-8-12-33-13-9-27/h4-5,14,23,28H,6-13H2,1-2H3. The second-order valence-electron chi connectivity index (χ2n) is 7.92. The number of aromatic amines is 1. The molecule has 4 rings (SSSR count). The van der Waals surface area contributed by atoms with E-state index in [1.165, 1.54) is 28.4 Å². The minimum Gasteiger partial charge on any atom is -0.494 e. The monoisotopic (exact) mass is 457 g/mol. The highest BCUT2D eigenvalue weighted by molar-refractivity contribution is 5.99. The Morgan fingerprint density at radius 1 is 0.970 bits per heavy atom. The van der Waals surface area contributed by atoms with Gasteiger partial charge in [0.15, 0.2) is 5.88 Å². The van der Waals surface area contributed by atoms with E-state index in [0.717, 1.165) is 0 Å². The number of carbonyl (C=O) groups excluding carboxylic acids is 2. The molecule has 2 aromatic rings. The number of carbonyl (C=O) groups is 2. The van der Waals surface area contributed by atoms with Gasteiger partial charge in [-0.1, -0.05) is 0 Å². The zero-order valence-corrected chi connectivity index (χ0v) is 18.7. The van der Waals surface area contributed by atoms with Crippen molar-refractivity contribution in [1.29, 1.82) is 0 Å². The Hall–Kier alpha value is -3.53. The van der Waals surface area contributed by atoms with Crippen molar-refractivity contribution < 1.29 is 24.2 Å². The van der Waals surface area contributed by atoms with Crippen LogP contribution in [0.3, 0.4) is 0 Å². The molecule has 0 aliphatic carbocycles. The van der Waals surface area contributed by atoms with E-state index in [1.54, 1.807) is 23.0 Å². The SMILES string of the molecule is Cn1cc(C(=O)N2CCOCC2)c(C=C=Cc2c(C(=O)N3CCOCC3)[nH]n(C)c2=O)c1O. The lowest BCUT2D eigenvalue weighted by atomic mass is 10.1. The first kappa shape index (κ1) is 22.7. The summed E-state index contributed by atoms with van der Waals surface area (Å²) in [5.74, 6) is -0.614. The topological polar surface area (TPSA) is 122 Å². The van der Waals surface area contributed by atoms with Crippen molar-refractivity contribution in [3.63, 3.8) is 0 Å². The Morgan fingerprint density at radius 3 is 2.12 bits per heavy atom.